The van der Waals surface area contributed by atoms with Crippen LogP contribution in [-0.2, 0) is 10.0 Å². The van der Waals surface area contributed by atoms with E-state index in [1.54, 1.807) is 13.1 Å². The predicted octanol–water partition coefficient (Wildman–Crippen LogP) is 1.98. The average Bonchev–Trinajstić information content (AvgIpc) is 2.49. The third kappa shape index (κ3) is 3.53. The van der Waals surface area contributed by atoms with E-state index in [9.17, 15) is 8.42 Å². The lowest BCUT2D eigenvalue weighted by Gasteiger charge is -2.10. The summed E-state index contributed by atoms with van der Waals surface area (Å²) in [5.74, 6) is 0.709. The number of sulfonamides is 1. The van der Waals surface area contributed by atoms with Crippen molar-refractivity contribution in [3.63, 3.8) is 0 Å². The third-order valence-electron chi connectivity index (χ3n) is 2.57. The van der Waals surface area contributed by atoms with Gasteiger partial charge in [0, 0.05) is 13.1 Å². The van der Waals surface area contributed by atoms with Gasteiger partial charge in [-0.1, -0.05) is 11.6 Å². The molecule has 0 fully saturated rings. The number of hydrogen-bond donors (Lipinski definition) is 2. The Balaban J connectivity index is 2.28. The first-order chi connectivity index (χ1) is 9.96. The molecular formula is C12H13ClN4O3S. The smallest absolute Gasteiger partial charge is 0.264 e. The molecule has 7 nitrogen and oxygen atoms in total. The highest BCUT2D eigenvalue weighted by molar-refractivity contribution is 7.92. The van der Waals surface area contributed by atoms with Crippen molar-refractivity contribution in [2.24, 2.45) is 0 Å². The summed E-state index contributed by atoms with van der Waals surface area (Å²) in [4.78, 5) is 7.69. The van der Waals surface area contributed by atoms with Crippen molar-refractivity contribution >= 4 is 33.3 Å². The molecule has 112 valence electrons. The van der Waals surface area contributed by atoms with Crippen LogP contribution in [0.15, 0.2) is 35.5 Å². The zero-order valence-corrected chi connectivity index (χ0v) is 12.9. The Labute approximate surface area is 127 Å². The number of anilines is 2. The lowest BCUT2D eigenvalue weighted by molar-refractivity contribution is 0.415. The fourth-order valence-electron chi connectivity index (χ4n) is 1.52. The highest BCUT2D eigenvalue weighted by Crippen LogP contribution is 2.28. The first-order valence-electron chi connectivity index (χ1n) is 5.82. The van der Waals surface area contributed by atoms with Gasteiger partial charge in [-0.3, -0.25) is 4.72 Å². The molecule has 0 radical (unpaired) electrons. The summed E-state index contributed by atoms with van der Waals surface area (Å²) in [6.07, 6.45) is 2.43. The van der Waals surface area contributed by atoms with Gasteiger partial charge in [0.15, 0.2) is 0 Å². The molecule has 0 spiro atoms. The summed E-state index contributed by atoms with van der Waals surface area (Å²) in [5, 5.41) is 3.10. The minimum Gasteiger partial charge on any atom is -0.495 e. The van der Waals surface area contributed by atoms with E-state index in [4.69, 9.17) is 16.3 Å². The minimum absolute atomic E-state index is 0.0459. The number of nitrogens with zero attached hydrogens (tertiary/aromatic N) is 2. The second kappa shape index (κ2) is 6.15. The molecule has 0 saturated heterocycles. The van der Waals surface area contributed by atoms with E-state index in [0.29, 0.717) is 22.4 Å². The van der Waals surface area contributed by atoms with E-state index in [2.05, 4.69) is 20.0 Å². The zero-order chi connectivity index (χ0) is 15.5. The first-order valence-corrected chi connectivity index (χ1v) is 7.68. The van der Waals surface area contributed by atoms with E-state index < -0.39 is 10.0 Å². The number of hydrogen-bond acceptors (Lipinski definition) is 6. The summed E-state index contributed by atoms with van der Waals surface area (Å²) in [6.45, 7) is 0. The average molecular weight is 329 g/mol. The van der Waals surface area contributed by atoms with Crippen LogP contribution in [0.3, 0.4) is 0 Å². The number of nitrogens with one attached hydrogen (secondary N) is 2. The molecule has 1 aromatic heterocycles. The third-order valence-corrected chi connectivity index (χ3v) is 4.21. The van der Waals surface area contributed by atoms with E-state index in [0.717, 1.165) is 0 Å². The Hall–Kier alpha value is -2.06. The Morgan fingerprint density at radius 2 is 1.90 bits per heavy atom. The van der Waals surface area contributed by atoms with Crippen LogP contribution < -0.4 is 14.8 Å². The molecule has 0 amide bonds. The maximum absolute atomic E-state index is 12.2. The van der Waals surface area contributed by atoms with Gasteiger partial charge in [0.25, 0.3) is 10.0 Å². The van der Waals surface area contributed by atoms with Gasteiger partial charge in [0.1, 0.15) is 10.6 Å². The van der Waals surface area contributed by atoms with E-state index in [1.165, 1.54) is 31.6 Å². The largest absolute Gasteiger partial charge is 0.495 e. The second-order valence-electron chi connectivity index (χ2n) is 3.95. The lowest BCUT2D eigenvalue weighted by Crippen LogP contribution is -2.14. The quantitative estimate of drug-likeness (QED) is 0.871. The van der Waals surface area contributed by atoms with Gasteiger partial charge in [-0.2, -0.15) is 0 Å². The molecule has 0 aliphatic heterocycles. The molecule has 0 atom stereocenters. The maximum atomic E-state index is 12.2. The van der Waals surface area contributed by atoms with Gasteiger partial charge >= 0.3 is 0 Å². The molecule has 0 bridgehead atoms. The van der Waals surface area contributed by atoms with Crippen LogP contribution in [0.2, 0.25) is 5.02 Å². The van der Waals surface area contributed by atoms with Crippen LogP contribution in [0.1, 0.15) is 0 Å². The number of aromatic nitrogens is 2. The molecule has 0 unspecified atom stereocenters. The van der Waals surface area contributed by atoms with Crippen LogP contribution in [0.25, 0.3) is 0 Å². The molecule has 21 heavy (non-hydrogen) atoms. The maximum Gasteiger partial charge on any atom is 0.264 e. The van der Waals surface area contributed by atoms with Gasteiger partial charge in [-0.25, -0.2) is 18.4 Å². The lowest BCUT2D eigenvalue weighted by atomic mass is 10.3. The standard InChI is InChI=1S/C12H13ClN4O3S/c1-14-12-15-6-9(7-16-12)21(18,19)17-8-3-4-10(13)11(5-8)20-2/h3-7,17H,1-2H3,(H,14,15,16). The molecule has 0 aliphatic rings. The van der Waals surface area contributed by atoms with Gasteiger partial charge < -0.3 is 10.1 Å². The monoisotopic (exact) mass is 328 g/mol. The van der Waals surface area contributed by atoms with Crippen LogP contribution in [0.4, 0.5) is 11.6 Å². The van der Waals surface area contributed by atoms with Crippen molar-refractivity contribution < 1.29 is 13.2 Å². The normalized spacial score (nSPS) is 11.0. The van der Waals surface area contributed by atoms with Gasteiger partial charge in [-0.05, 0) is 12.1 Å². The van der Waals surface area contributed by atoms with Crippen LogP contribution >= 0.6 is 11.6 Å². The van der Waals surface area contributed by atoms with Gasteiger partial charge in [0.05, 0.1) is 30.2 Å². The van der Waals surface area contributed by atoms with Gasteiger partial charge in [-0.15, -0.1) is 0 Å². The number of methoxy groups -OCH3 is 1. The Morgan fingerprint density at radius 1 is 1.24 bits per heavy atom. The van der Waals surface area contributed by atoms with E-state index in [-0.39, 0.29) is 4.90 Å². The fourth-order valence-corrected chi connectivity index (χ4v) is 2.65. The second-order valence-corrected chi connectivity index (χ2v) is 6.04. The molecular weight excluding hydrogens is 316 g/mol. The topological polar surface area (TPSA) is 93.2 Å². The fraction of sp³-hybridized carbons (Fsp3) is 0.167. The minimum atomic E-state index is -3.78. The highest BCUT2D eigenvalue weighted by Gasteiger charge is 2.16. The van der Waals surface area contributed by atoms with Crippen molar-refractivity contribution in [1.82, 2.24) is 9.97 Å². The zero-order valence-electron chi connectivity index (χ0n) is 11.3. The molecule has 2 rings (SSSR count). The molecule has 2 aromatic rings. The van der Waals surface area contributed by atoms with Crippen molar-refractivity contribution in [1.29, 1.82) is 0 Å². The van der Waals surface area contributed by atoms with Crippen molar-refractivity contribution in [3.8, 4) is 5.75 Å². The SMILES string of the molecule is CNc1ncc(S(=O)(=O)Nc2ccc(Cl)c(OC)c2)cn1. The number of benzene rings is 1. The molecule has 1 heterocycles. The van der Waals surface area contributed by atoms with E-state index in [1.807, 2.05) is 0 Å². The summed E-state index contributed by atoms with van der Waals surface area (Å²) < 4.78 is 31.8. The molecule has 0 saturated carbocycles. The summed E-state index contributed by atoms with van der Waals surface area (Å²) in [5.41, 5.74) is 0.328. The van der Waals surface area contributed by atoms with Crippen LogP contribution in [0.5, 0.6) is 5.75 Å². The summed E-state index contributed by atoms with van der Waals surface area (Å²) in [6, 6.07) is 4.56. The van der Waals surface area contributed by atoms with Gasteiger partial charge in [0.2, 0.25) is 5.95 Å². The molecule has 2 N–H and O–H groups in total. The van der Waals surface area contributed by atoms with E-state index >= 15 is 0 Å². The number of rotatable bonds is 5. The molecule has 9 heteroatoms. The van der Waals surface area contributed by atoms with Crippen LogP contribution in [-0.4, -0.2) is 32.5 Å². The molecule has 1 aromatic carbocycles. The van der Waals surface area contributed by atoms with Crippen molar-refractivity contribution in [2.75, 3.05) is 24.2 Å². The van der Waals surface area contributed by atoms with Crippen molar-refractivity contribution in [3.05, 3.63) is 35.6 Å². The van der Waals surface area contributed by atoms with Crippen LogP contribution in [0, 0.1) is 0 Å². The summed E-state index contributed by atoms with van der Waals surface area (Å²) >= 11 is 5.89. The highest BCUT2D eigenvalue weighted by atomic mass is 35.5. The Kier molecular flexibility index (Phi) is 4.49. The summed E-state index contributed by atoms with van der Waals surface area (Å²) in [7, 11) is -0.689. The van der Waals surface area contributed by atoms with Crippen molar-refractivity contribution in [2.45, 2.75) is 4.90 Å². The number of ether oxygens (including phenoxy) is 1. The Morgan fingerprint density at radius 3 is 2.48 bits per heavy atom. The Bertz CT molecular complexity index is 735. The first kappa shape index (κ1) is 15.3. The number of halogens is 1. The predicted molar refractivity (Wildman–Crippen MR) is 80.4 cm³/mol. The molecule has 0 aliphatic carbocycles.